The summed E-state index contributed by atoms with van der Waals surface area (Å²) in [6, 6.07) is 0. The fourth-order valence-electron chi connectivity index (χ4n) is 1.01. The van der Waals surface area contributed by atoms with Gasteiger partial charge >= 0.3 is 0 Å². The zero-order valence-electron chi connectivity index (χ0n) is 8.29. The van der Waals surface area contributed by atoms with E-state index in [0.717, 1.165) is 12.8 Å². The highest BCUT2D eigenvalue weighted by molar-refractivity contribution is 8.22. The van der Waals surface area contributed by atoms with Crippen molar-refractivity contribution >= 4 is 28.4 Å². The lowest BCUT2D eigenvalue weighted by Crippen LogP contribution is -2.16. The van der Waals surface area contributed by atoms with Crippen LogP contribution in [0.1, 0.15) is 33.6 Å². The van der Waals surface area contributed by atoms with Gasteiger partial charge in [-0.05, 0) is 37.2 Å². The minimum absolute atomic E-state index is 0.310. The van der Waals surface area contributed by atoms with E-state index < -0.39 is 0 Å². The summed E-state index contributed by atoms with van der Waals surface area (Å²) in [5, 5.41) is 0. The number of hydrogen-bond acceptors (Lipinski definition) is 3. The predicted octanol–water partition coefficient (Wildman–Crippen LogP) is 3.48. The van der Waals surface area contributed by atoms with Crippen molar-refractivity contribution in [1.29, 1.82) is 0 Å². The average molecular weight is 206 g/mol. The van der Waals surface area contributed by atoms with Gasteiger partial charge in [0.15, 0.2) is 0 Å². The van der Waals surface area contributed by atoms with Crippen LogP contribution in [0, 0.1) is 5.92 Å². The third-order valence-electron chi connectivity index (χ3n) is 1.62. The molecule has 0 spiro atoms. The minimum Gasteiger partial charge on any atom is -0.475 e. The Balaban J connectivity index is 3.74. The number of thioether (sulfide) groups is 1. The Morgan fingerprint density at radius 1 is 1.50 bits per heavy atom. The third-order valence-corrected chi connectivity index (χ3v) is 2.64. The topological polar surface area (TPSA) is 9.23 Å². The van der Waals surface area contributed by atoms with E-state index in [1.54, 1.807) is 0 Å². The molecular weight excluding hydrogens is 188 g/mol. The predicted molar refractivity (Wildman–Crippen MR) is 60.7 cm³/mol. The molecule has 0 N–H and O–H groups in total. The zero-order chi connectivity index (χ0) is 9.56. The number of thiocarbonyl (C=S) groups is 1. The normalized spacial score (nSPS) is 13.1. The fourth-order valence-corrected chi connectivity index (χ4v) is 1.38. The van der Waals surface area contributed by atoms with Crippen molar-refractivity contribution in [2.24, 2.45) is 5.92 Å². The molecule has 0 fully saturated rings. The number of rotatable bonds is 4. The van der Waals surface area contributed by atoms with E-state index in [4.69, 9.17) is 17.0 Å². The van der Waals surface area contributed by atoms with Gasteiger partial charge in [-0.25, -0.2) is 0 Å². The molecule has 1 atom stereocenters. The van der Waals surface area contributed by atoms with Gasteiger partial charge in [0.05, 0.1) is 0 Å². The molecule has 0 aliphatic rings. The van der Waals surface area contributed by atoms with Gasteiger partial charge in [0.1, 0.15) is 6.10 Å². The Morgan fingerprint density at radius 3 is 2.42 bits per heavy atom. The molecule has 0 aromatic carbocycles. The van der Waals surface area contributed by atoms with Gasteiger partial charge in [-0.15, -0.1) is 0 Å². The molecule has 0 radical (unpaired) electrons. The highest BCUT2D eigenvalue weighted by Crippen LogP contribution is 2.14. The molecule has 0 rings (SSSR count). The van der Waals surface area contributed by atoms with Gasteiger partial charge in [-0.2, -0.15) is 0 Å². The second kappa shape index (κ2) is 6.72. The first-order chi connectivity index (χ1) is 5.60. The largest absolute Gasteiger partial charge is 0.475 e. The number of ether oxygens (including phenoxy) is 1. The molecule has 0 aromatic rings. The van der Waals surface area contributed by atoms with Crippen LogP contribution in [0.25, 0.3) is 0 Å². The summed E-state index contributed by atoms with van der Waals surface area (Å²) in [6.07, 6.45) is 4.39. The second-order valence-electron chi connectivity index (χ2n) is 3.23. The van der Waals surface area contributed by atoms with Crippen LogP contribution in [-0.2, 0) is 4.74 Å². The maximum absolute atomic E-state index is 5.55. The van der Waals surface area contributed by atoms with Gasteiger partial charge in [-0.1, -0.05) is 32.5 Å². The second-order valence-corrected chi connectivity index (χ2v) is 4.64. The van der Waals surface area contributed by atoms with Crippen molar-refractivity contribution in [3.05, 3.63) is 0 Å². The first-order valence-electron chi connectivity index (χ1n) is 4.34. The summed E-state index contributed by atoms with van der Waals surface area (Å²) in [4.78, 5) is 0. The lowest BCUT2D eigenvalue weighted by atomic mass is 10.0. The fraction of sp³-hybridized carbons (Fsp3) is 0.889. The molecule has 0 aliphatic heterocycles. The highest BCUT2D eigenvalue weighted by Gasteiger charge is 2.10. The summed E-state index contributed by atoms with van der Waals surface area (Å²) in [6.45, 7) is 6.54. The lowest BCUT2D eigenvalue weighted by Gasteiger charge is -2.18. The molecule has 0 bridgehead atoms. The average Bonchev–Trinajstić information content (AvgIpc) is 2.02. The standard InChI is InChI=1S/C9H18OS2/c1-5-8(6-7(2)3)10-9(11)12-4/h7-8H,5-6H2,1-4H3. The van der Waals surface area contributed by atoms with Gasteiger partial charge < -0.3 is 4.74 Å². The quantitative estimate of drug-likeness (QED) is 0.652. The van der Waals surface area contributed by atoms with Crippen molar-refractivity contribution in [2.75, 3.05) is 6.26 Å². The Hall–Kier alpha value is 0.240. The summed E-state index contributed by atoms with van der Waals surface area (Å²) >= 11 is 6.50. The van der Waals surface area contributed by atoms with Crippen LogP contribution in [-0.4, -0.2) is 16.7 Å². The summed E-state index contributed by atoms with van der Waals surface area (Å²) in [7, 11) is 0. The summed E-state index contributed by atoms with van der Waals surface area (Å²) in [5.74, 6) is 0.680. The van der Waals surface area contributed by atoms with Crippen molar-refractivity contribution < 1.29 is 4.74 Å². The first-order valence-corrected chi connectivity index (χ1v) is 5.98. The van der Waals surface area contributed by atoms with Gasteiger partial charge in [0, 0.05) is 0 Å². The maximum atomic E-state index is 5.55. The highest BCUT2D eigenvalue weighted by atomic mass is 32.2. The van der Waals surface area contributed by atoms with E-state index in [1.807, 2.05) is 6.26 Å². The molecule has 3 heteroatoms. The van der Waals surface area contributed by atoms with Crippen molar-refractivity contribution in [3.8, 4) is 0 Å². The van der Waals surface area contributed by atoms with E-state index in [-0.39, 0.29) is 0 Å². The van der Waals surface area contributed by atoms with E-state index in [9.17, 15) is 0 Å². The van der Waals surface area contributed by atoms with Crippen LogP contribution in [0.2, 0.25) is 0 Å². The van der Waals surface area contributed by atoms with E-state index in [0.29, 0.717) is 16.4 Å². The maximum Gasteiger partial charge on any atom is 0.219 e. The Morgan fingerprint density at radius 2 is 2.08 bits per heavy atom. The molecule has 0 saturated carbocycles. The Kier molecular flexibility index (Phi) is 6.86. The van der Waals surface area contributed by atoms with E-state index in [1.165, 1.54) is 11.8 Å². The SMILES string of the molecule is CCC(CC(C)C)OC(=S)SC. The molecule has 0 saturated heterocycles. The minimum atomic E-state index is 0.310. The van der Waals surface area contributed by atoms with Crippen LogP contribution in [0.5, 0.6) is 0 Å². The van der Waals surface area contributed by atoms with Gasteiger partial charge in [0.25, 0.3) is 0 Å². The zero-order valence-corrected chi connectivity index (χ0v) is 9.93. The van der Waals surface area contributed by atoms with Crippen LogP contribution in [0.4, 0.5) is 0 Å². The lowest BCUT2D eigenvalue weighted by molar-refractivity contribution is 0.168. The molecule has 0 aliphatic carbocycles. The van der Waals surface area contributed by atoms with Crippen molar-refractivity contribution in [2.45, 2.75) is 39.7 Å². The van der Waals surface area contributed by atoms with Crippen LogP contribution in [0.15, 0.2) is 0 Å². The number of hydrogen-bond donors (Lipinski definition) is 0. The van der Waals surface area contributed by atoms with Crippen LogP contribution < -0.4 is 0 Å². The van der Waals surface area contributed by atoms with Gasteiger partial charge in [0.2, 0.25) is 4.38 Å². The molecule has 72 valence electrons. The van der Waals surface area contributed by atoms with Gasteiger partial charge in [-0.3, -0.25) is 0 Å². The van der Waals surface area contributed by atoms with Crippen LogP contribution >= 0.6 is 24.0 Å². The summed E-state index contributed by atoms with van der Waals surface area (Å²) in [5.41, 5.74) is 0. The molecule has 12 heavy (non-hydrogen) atoms. The van der Waals surface area contributed by atoms with E-state index in [2.05, 4.69) is 20.8 Å². The molecular formula is C9H18OS2. The first kappa shape index (κ1) is 12.2. The van der Waals surface area contributed by atoms with Crippen molar-refractivity contribution in [1.82, 2.24) is 0 Å². The molecule has 1 nitrogen and oxygen atoms in total. The Bertz CT molecular complexity index is 134. The summed E-state index contributed by atoms with van der Waals surface area (Å²) < 4.78 is 6.22. The van der Waals surface area contributed by atoms with E-state index >= 15 is 0 Å². The van der Waals surface area contributed by atoms with Crippen LogP contribution in [0.3, 0.4) is 0 Å². The van der Waals surface area contributed by atoms with Crippen molar-refractivity contribution in [3.63, 3.8) is 0 Å². The third kappa shape index (κ3) is 5.84. The Labute approximate surface area is 85.3 Å². The molecule has 0 aromatic heterocycles. The molecule has 1 unspecified atom stereocenters. The molecule has 0 amide bonds. The monoisotopic (exact) mass is 206 g/mol. The smallest absolute Gasteiger partial charge is 0.219 e. The molecule has 0 heterocycles.